The number of morpholine rings is 1. The molecule has 19 heavy (non-hydrogen) atoms. The van der Waals surface area contributed by atoms with Crippen molar-refractivity contribution in [1.82, 2.24) is 4.90 Å². The number of aliphatic hydroxyl groups excluding tert-OH is 1. The van der Waals surface area contributed by atoms with E-state index >= 15 is 0 Å². The fourth-order valence-electron chi connectivity index (χ4n) is 1.91. The first kappa shape index (κ1) is 15.3. The van der Waals surface area contributed by atoms with Crippen LogP contribution in [0.1, 0.15) is 0 Å². The zero-order valence-corrected chi connectivity index (χ0v) is 13.7. The molecule has 106 valence electrons. The second-order valence-electron chi connectivity index (χ2n) is 4.45. The molecule has 1 fully saturated rings. The summed E-state index contributed by atoms with van der Waals surface area (Å²) in [5.41, 5.74) is 0. The van der Waals surface area contributed by atoms with Crippen LogP contribution in [-0.4, -0.2) is 55.6 Å². The molecule has 4 nitrogen and oxygen atoms in total. The molecule has 0 amide bonds. The van der Waals surface area contributed by atoms with E-state index in [0.717, 1.165) is 41.0 Å². The van der Waals surface area contributed by atoms with Crippen LogP contribution < -0.4 is 4.74 Å². The van der Waals surface area contributed by atoms with Crippen molar-refractivity contribution in [1.29, 1.82) is 0 Å². The number of ether oxygens (including phenoxy) is 2. The van der Waals surface area contributed by atoms with Gasteiger partial charge in [0.2, 0.25) is 0 Å². The average Bonchev–Trinajstić information content (AvgIpc) is 2.39. The minimum atomic E-state index is -0.492. The van der Waals surface area contributed by atoms with E-state index in [-0.39, 0.29) is 6.61 Å². The van der Waals surface area contributed by atoms with Crippen LogP contribution in [0.2, 0.25) is 0 Å². The van der Waals surface area contributed by atoms with Crippen molar-refractivity contribution < 1.29 is 14.6 Å². The Labute approximate surface area is 129 Å². The molecule has 1 unspecified atom stereocenters. The molecule has 2 rings (SSSR count). The summed E-state index contributed by atoms with van der Waals surface area (Å²) < 4.78 is 12.8. The monoisotopic (exact) mass is 393 g/mol. The van der Waals surface area contributed by atoms with E-state index in [1.165, 1.54) is 0 Å². The molecule has 0 saturated carbocycles. The van der Waals surface area contributed by atoms with Gasteiger partial charge < -0.3 is 14.6 Å². The zero-order valence-electron chi connectivity index (χ0n) is 10.5. The van der Waals surface area contributed by atoms with Crippen LogP contribution in [0.3, 0.4) is 0 Å². The lowest BCUT2D eigenvalue weighted by atomic mass is 10.3. The molecule has 0 aromatic heterocycles. The zero-order chi connectivity index (χ0) is 13.7. The first-order chi connectivity index (χ1) is 9.15. The van der Waals surface area contributed by atoms with Crippen molar-refractivity contribution in [3.05, 3.63) is 27.1 Å². The first-order valence-corrected chi connectivity index (χ1v) is 7.80. The van der Waals surface area contributed by atoms with Gasteiger partial charge in [-0.2, -0.15) is 0 Å². The van der Waals surface area contributed by atoms with E-state index in [1.807, 2.05) is 18.2 Å². The lowest BCUT2D eigenvalue weighted by Gasteiger charge is -2.28. The standard InChI is InChI=1S/C13H17Br2NO3/c14-10-1-2-13(12(15)7-10)19-9-11(17)8-16-3-5-18-6-4-16/h1-2,7,11,17H,3-6,8-9H2. The highest BCUT2D eigenvalue weighted by atomic mass is 79.9. The lowest BCUT2D eigenvalue weighted by molar-refractivity contribution is 0.00459. The van der Waals surface area contributed by atoms with E-state index in [0.29, 0.717) is 6.54 Å². The molecule has 1 atom stereocenters. The van der Waals surface area contributed by atoms with E-state index in [1.54, 1.807) is 0 Å². The maximum absolute atomic E-state index is 9.98. The number of halogens is 2. The summed E-state index contributed by atoms with van der Waals surface area (Å²) in [6.45, 7) is 4.14. The van der Waals surface area contributed by atoms with Crippen molar-refractivity contribution in [3.8, 4) is 5.75 Å². The largest absolute Gasteiger partial charge is 0.490 e. The van der Waals surface area contributed by atoms with Gasteiger partial charge in [-0.1, -0.05) is 15.9 Å². The fourth-order valence-corrected chi connectivity index (χ4v) is 3.07. The van der Waals surface area contributed by atoms with Crippen LogP contribution in [0.4, 0.5) is 0 Å². The molecule has 1 aliphatic heterocycles. The van der Waals surface area contributed by atoms with Crippen LogP contribution in [-0.2, 0) is 4.74 Å². The van der Waals surface area contributed by atoms with Gasteiger partial charge in [-0.05, 0) is 34.1 Å². The van der Waals surface area contributed by atoms with Crippen LogP contribution >= 0.6 is 31.9 Å². The Hall–Kier alpha value is -0.140. The molecule has 0 bridgehead atoms. The van der Waals surface area contributed by atoms with Crippen molar-refractivity contribution in [2.75, 3.05) is 39.5 Å². The predicted molar refractivity (Wildman–Crippen MR) is 80.6 cm³/mol. The highest BCUT2D eigenvalue weighted by molar-refractivity contribution is 9.11. The minimum Gasteiger partial charge on any atom is -0.490 e. The van der Waals surface area contributed by atoms with Crippen molar-refractivity contribution >= 4 is 31.9 Å². The second-order valence-corrected chi connectivity index (χ2v) is 6.22. The van der Waals surface area contributed by atoms with Gasteiger partial charge in [-0.3, -0.25) is 4.90 Å². The van der Waals surface area contributed by atoms with Crippen LogP contribution in [0.15, 0.2) is 27.1 Å². The summed E-state index contributed by atoms with van der Waals surface area (Å²) in [5.74, 6) is 0.740. The Kier molecular flexibility index (Phi) is 6.09. The van der Waals surface area contributed by atoms with E-state index in [2.05, 4.69) is 36.8 Å². The van der Waals surface area contributed by atoms with Gasteiger partial charge in [0.1, 0.15) is 18.5 Å². The summed E-state index contributed by atoms with van der Waals surface area (Å²) in [6, 6.07) is 5.70. The third kappa shape index (κ3) is 5.04. The van der Waals surface area contributed by atoms with Gasteiger partial charge >= 0.3 is 0 Å². The quantitative estimate of drug-likeness (QED) is 0.831. The smallest absolute Gasteiger partial charge is 0.133 e. The van der Waals surface area contributed by atoms with Gasteiger partial charge in [0.15, 0.2) is 0 Å². The van der Waals surface area contributed by atoms with Gasteiger partial charge in [0.25, 0.3) is 0 Å². The summed E-state index contributed by atoms with van der Waals surface area (Å²) >= 11 is 6.82. The Morgan fingerprint density at radius 3 is 2.74 bits per heavy atom. The van der Waals surface area contributed by atoms with E-state index in [9.17, 15) is 5.11 Å². The molecule has 1 heterocycles. The molecule has 1 saturated heterocycles. The third-order valence-corrected chi connectivity index (χ3v) is 4.01. The third-order valence-electron chi connectivity index (χ3n) is 2.90. The number of benzene rings is 1. The van der Waals surface area contributed by atoms with Gasteiger partial charge in [-0.25, -0.2) is 0 Å². The number of β-amino-alcohol motifs (C(OH)–C–C–N with tert-alkyl or cyclic N) is 1. The van der Waals surface area contributed by atoms with Gasteiger partial charge in [0, 0.05) is 24.1 Å². The molecule has 1 N–H and O–H groups in total. The van der Waals surface area contributed by atoms with Crippen molar-refractivity contribution in [2.45, 2.75) is 6.10 Å². The van der Waals surface area contributed by atoms with Crippen LogP contribution in [0, 0.1) is 0 Å². The Morgan fingerprint density at radius 1 is 1.32 bits per heavy atom. The maximum atomic E-state index is 9.98. The summed E-state index contributed by atoms with van der Waals surface area (Å²) in [5, 5.41) is 9.98. The molecule has 1 aliphatic rings. The normalized spacial score (nSPS) is 18.3. The van der Waals surface area contributed by atoms with Gasteiger partial charge in [-0.15, -0.1) is 0 Å². The van der Waals surface area contributed by atoms with Crippen LogP contribution in [0.25, 0.3) is 0 Å². The molecular weight excluding hydrogens is 378 g/mol. The molecule has 0 aliphatic carbocycles. The first-order valence-electron chi connectivity index (χ1n) is 6.21. The second kappa shape index (κ2) is 7.59. The van der Waals surface area contributed by atoms with Crippen LogP contribution in [0.5, 0.6) is 5.75 Å². The fraction of sp³-hybridized carbons (Fsp3) is 0.538. The van der Waals surface area contributed by atoms with Crippen molar-refractivity contribution in [2.24, 2.45) is 0 Å². The molecule has 6 heteroatoms. The highest BCUT2D eigenvalue weighted by Gasteiger charge is 2.15. The average molecular weight is 395 g/mol. The number of hydrogen-bond donors (Lipinski definition) is 1. The van der Waals surface area contributed by atoms with E-state index < -0.39 is 6.10 Å². The predicted octanol–water partition coefficient (Wildman–Crippen LogP) is 2.28. The molecule has 1 aromatic carbocycles. The summed E-state index contributed by atoms with van der Waals surface area (Å²) in [7, 11) is 0. The number of nitrogens with zero attached hydrogens (tertiary/aromatic N) is 1. The summed E-state index contributed by atoms with van der Waals surface area (Å²) in [6.07, 6.45) is -0.492. The minimum absolute atomic E-state index is 0.289. The van der Waals surface area contributed by atoms with Gasteiger partial charge in [0.05, 0.1) is 17.7 Å². The number of rotatable bonds is 5. The Morgan fingerprint density at radius 2 is 2.05 bits per heavy atom. The summed E-state index contributed by atoms with van der Waals surface area (Å²) in [4.78, 5) is 2.19. The SMILES string of the molecule is OC(COc1ccc(Br)cc1Br)CN1CCOCC1. The topological polar surface area (TPSA) is 41.9 Å². The Bertz CT molecular complexity index is 411. The molecule has 0 spiro atoms. The Balaban J connectivity index is 1.77. The molecule has 0 radical (unpaired) electrons. The molecular formula is C13H17Br2NO3. The lowest BCUT2D eigenvalue weighted by Crippen LogP contribution is -2.42. The highest BCUT2D eigenvalue weighted by Crippen LogP contribution is 2.28. The van der Waals surface area contributed by atoms with E-state index in [4.69, 9.17) is 9.47 Å². The number of aliphatic hydroxyl groups is 1. The number of hydrogen-bond acceptors (Lipinski definition) is 4. The maximum Gasteiger partial charge on any atom is 0.133 e. The van der Waals surface area contributed by atoms with Crippen molar-refractivity contribution in [3.63, 3.8) is 0 Å². The molecule has 1 aromatic rings.